The maximum atomic E-state index is 12.3. The maximum absolute atomic E-state index is 12.3. The summed E-state index contributed by atoms with van der Waals surface area (Å²) >= 11 is 1.52. The minimum absolute atomic E-state index is 0.0943. The Balaban J connectivity index is 1.37. The van der Waals surface area contributed by atoms with E-state index in [0.29, 0.717) is 11.5 Å². The monoisotopic (exact) mass is 403 g/mol. The summed E-state index contributed by atoms with van der Waals surface area (Å²) in [5, 5.41) is 14.7. The Bertz CT molecular complexity index is 1110. The van der Waals surface area contributed by atoms with E-state index in [1.807, 2.05) is 28.1 Å². The largest absolute Gasteiger partial charge is 0.348 e. The molecule has 1 aliphatic rings. The van der Waals surface area contributed by atoms with Crippen LogP contribution in [0.4, 0.5) is 0 Å². The quantitative estimate of drug-likeness (QED) is 0.550. The second-order valence-electron chi connectivity index (χ2n) is 6.82. The summed E-state index contributed by atoms with van der Waals surface area (Å²) in [6.45, 7) is 0. The van der Waals surface area contributed by atoms with Crippen molar-refractivity contribution in [2.75, 3.05) is 0 Å². The molecule has 1 amide bonds. The zero-order chi connectivity index (χ0) is 19.6. The Labute approximate surface area is 170 Å². The summed E-state index contributed by atoms with van der Waals surface area (Å²) in [6.07, 6.45) is 8.51. The molecule has 1 fully saturated rings. The maximum Gasteiger partial charge on any atom is 0.270 e. The molecule has 4 heterocycles. The average Bonchev–Trinajstić information content (AvgIpc) is 3.41. The highest BCUT2D eigenvalue weighted by atomic mass is 32.1. The van der Waals surface area contributed by atoms with Gasteiger partial charge in [0.05, 0.1) is 11.9 Å². The van der Waals surface area contributed by atoms with Crippen LogP contribution in [0.1, 0.15) is 35.1 Å². The van der Waals surface area contributed by atoms with Crippen molar-refractivity contribution in [3.05, 3.63) is 72.0 Å². The number of aromatic nitrogens is 6. The van der Waals surface area contributed by atoms with Gasteiger partial charge < -0.3 is 5.32 Å². The van der Waals surface area contributed by atoms with E-state index in [-0.39, 0.29) is 17.9 Å². The highest BCUT2D eigenvalue weighted by Gasteiger charge is 2.36. The molecule has 1 saturated carbocycles. The Morgan fingerprint density at radius 2 is 2.00 bits per heavy atom. The molecule has 9 heteroatoms. The third-order valence-corrected chi connectivity index (χ3v) is 5.72. The lowest BCUT2D eigenvalue weighted by Crippen LogP contribution is -2.44. The van der Waals surface area contributed by atoms with Gasteiger partial charge in [-0.05, 0) is 37.1 Å². The van der Waals surface area contributed by atoms with Crippen molar-refractivity contribution < 1.29 is 4.79 Å². The number of rotatable bonds is 5. The van der Waals surface area contributed by atoms with E-state index in [9.17, 15) is 4.79 Å². The first kappa shape index (κ1) is 17.6. The zero-order valence-electron chi connectivity index (χ0n) is 15.3. The molecule has 0 unspecified atom stereocenters. The van der Waals surface area contributed by atoms with E-state index in [0.717, 1.165) is 29.4 Å². The fourth-order valence-electron chi connectivity index (χ4n) is 3.48. The van der Waals surface area contributed by atoms with Crippen LogP contribution in [-0.4, -0.2) is 41.7 Å². The molecular weight excluding hydrogens is 386 g/mol. The lowest BCUT2D eigenvalue weighted by molar-refractivity contribution is 0.0902. The van der Waals surface area contributed by atoms with Gasteiger partial charge in [-0.2, -0.15) is 0 Å². The number of amides is 1. The van der Waals surface area contributed by atoms with E-state index < -0.39 is 0 Å². The molecule has 0 bridgehead atoms. The topological polar surface area (TPSA) is 98.5 Å². The predicted octanol–water partition coefficient (Wildman–Crippen LogP) is 2.86. The summed E-state index contributed by atoms with van der Waals surface area (Å²) in [7, 11) is 0. The minimum Gasteiger partial charge on any atom is -0.348 e. The summed E-state index contributed by atoms with van der Waals surface area (Å²) in [6, 6.07) is 9.28. The standard InChI is InChI=1S/C20H17N7OS/c28-19(16-5-1-2-7-22-16)24-14-10-13(11-14)17-25-26-18(20-23-8-9-29-20)27(17)15-4-3-6-21-12-15/h1-9,12-14H,10-11H2,(H,24,28)/t13-,14-. The Hall–Kier alpha value is -3.46. The minimum atomic E-state index is -0.147. The first-order valence-electron chi connectivity index (χ1n) is 9.27. The molecule has 0 saturated heterocycles. The van der Waals surface area contributed by atoms with E-state index in [1.54, 1.807) is 36.9 Å². The van der Waals surface area contributed by atoms with Gasteiger partial charge in [-0.15, -0.1) is 21.5 Å². The molecule has 0 atom stereocenters. The fourth-order valence-corrected chi connectivity index (χ4v) is 4.09. The number of pyridine rings is 2. The molecule has 4 aromatic heterocycles. The van der Waals surface area contributed by atoms with E-state index in [4.69, 9.17) is 0 Å². The summed E-state index contributed by atoms with van der Waals surface area (Å²) < 4.78 is 2.02. The first-order chi connectivity index (χ1) is 14.3. The Morgan fingerprint density at radius 3 is 2.72 bits per heavy atom. The van der Waals surface area contributed by atoms with Crippen LogP contribution in [0.25, 0.3) is 16.5 Å². The predicted molar refractivity (Wildman–Crippen MR) is 108 cm³/mol. The van der Waals surface area contributed by atoms with Gasteiger partial charge in [-0.3, -0.25) is 19.3 Å². The summed E-state index contributed by atoms with van der Waals surface area (Å²) in [5.41, 5.74) is 1.33. The van der Waals surface area contributed by atoms with E-state index >= 15 is 0 Å². The average molecular weight is 403 g/mol. The molecule has 0 radical (unpaired) electrons. The third kappa shape index (κ3) is 3.40. The van der Waals surface area contributed by atoms with E-state index in [1.165, 1.54) is 11.3 Å². The lowest BCUT2D eigenvalue weighted by atomic mass is 9.79. The number of carbonyl (C=O) groups is 1. The molecule has 5 rings (SSSR count). The Kier molecular flexibility index (Phi) is 4.57. The molecule has 29 heavy (non-hydrogen) atoms. The second kappa shape index (κ2) is 7.51. The van der Waals surface area contributed by atoms with Gasteiger partial charge >= 0.3 is 0 Å². The van der Waals surface area contributed by atoms with Crippen molar-refractivity contribution >= 4 is 17.2 Å². The van der Waals surface area contributed by atoms with Crippen molar-refractivity contribution in [1.82, 2.24) is 35.0 Å². The molecular formula is C20H17N7OS. The number of nitrogens with zero attached hydrogens (tertiary/aromatic N) is 6. The lowest BCUT2D eigenvalue weighted by Gasteiger charge is -2.35. The second-order valence-corrected chi connectivity index (χ2v) is 7.71. The number of thiazole rings is 1. The van der Waals surface area contributed by atoms with Crippen LogP contribution >= 0.6 is 11.3 Å². The van der Waals surface area contributed by atoms with Gasteiger partial charge in [-0.1, -0.05) is 6.07 Å². The van der Waals surface area contributed by atoms with Crippen LogP contribution in [0, 0.1) is 0 Å². The zero-order valence-corrected chi connectivity index (χ0v) is 16.2. The fraction of sp³-hybridized carbons (Fsp3) is 0.200. The van der Waals surface area contributed by atoms with Gasteiger partial charge in [0.15, 0.2) is 10.8 Å². The third-order valence-electron chi connectivity index (χ3n) is 4.95. The smallest absolute Gasteiger partial charge is 0.270 e. The van der Waals surface area contributed by atoms with Crippen molar-refractivity contribution in [2.24, 2.45) is 0 Å². The van der Waals surface area contributed by atoms with Crippen LogP contribution in [0.15, 0.2) is 60.5 Å². The molecule has 0 spiro atoms. The van der Waals surface area contributed by atoms with Gasteiger partial charge in [0.1, 0.15) is 11.5 Å². The van der Waals surface area contributed by atoms with Crippen LogP contribution in [0.3, 0.4) is 0 Å². The molecule has 8 nitrogen and oxygen atoms in total. The number of carbonyl (C=O) groups excluding carboxylic acids is 1. The van der Waals surface area contributed by atoms with Crippen molar-refractivity contribution in [1.29, 1.82) is 0 Å². The van der Waals surface area contributed by atoms with Gasteiger partial charge in [-0.25, -0.2) is 4.98 Å². The first-order valence-corrected chi connectivity index (χ1v) is 10.1. The molecule has 0 aromatic carbocycles. The van der Waals surface area contributed by atoms with Gasteiger partial charge in [0, 0.05) is 35.9 Å². The van der Waals surface area contributed by atoms with Crippen LogP contribution in [-0.2, 0) is 0 Å². The number of hydrogen-bond donors (Lipinski definition) is 1. The van der Waals surface area contributed by atoms with Gasteiger partial charge in [0.25, 0.3) is 5.91 Å². The SMILES string of the molecule is O=C(N[C@H]1C[C@H](c2nnc(-c3nccs3)n2-c2cccnc2)C1)c1ccccn1. The number of hydrogen-bond acceptors (Lipinski definition) is 7. The molecule has 144 valence electrons. The van der Waals surface area contributed by atoms with Crippen molar-refractivity contribution in [3.8, 4) is 16.5 Å². The van der Waals surface area contributed by atoms with E-state index in [2.05, 4.69) is 30.5 Å². The Morgan fingerprint density at radius 1 is 1.07 bits per heavy atom. The molecule has 1 N–H and O–H groups in total. The molecule has 1 aliphatic carbocycles. The highest BCUT2D eigenvalue weighted by molar-refractivity contribution is 7.13. The molecule has 0 aliphatic heterocycles. The summed E-state index contributed by atoms with van der Waals surface area (Å²) in [5.74, 6) is 1.63. The van der Waals surface area contributed by atoms with Crippen LogP contribution in [0.2, 0.25) is 0 Å². The number of nitrogens with one attached hydrogen (secondary N) is 1. The van der Waals surface area contributed by atoms with Crippen LogP contribution < -0.4 is 5.32 Å². The highest BCUT2D eigenvalue weighted by Crippen LogP contribution is 2.38. The normalized spacial score (nSPS) is 18.2. The van der Waals surface area contributed by atoms with Gasteiger partial charge in [0.2, 0.25) is 0 Å². The van der Waals surface area contributed by atoms with Crippen LogP contribution in [0.5, 0.6) is 0 Å². The van der Waals surface area contributed by atoms with Crippen molar-refractivity contribution in [2.45, 2.75) is 24.8 Å². The summed E-state index contributed by atoms with van der Waals surface area (Å²) in [4.78, 5) is 25.0. The van der Waals surface area contributed by atoms with Crippen molar-refractivity contribution in [3.63, 3.8) is 0 Å². The molecule has 4 aromatic rings.